The van der Waals surface area contributed by atoms with E-state index in [0.717, 1.165) is 19.6 Å². The molecule has 2 heteroatoms. The maximum Gasteiger partial charge on any atom is 0.0582 e. The highest BCUT2D eigenvalue weighted by molar-refractivity contribution is 9.10. The van der Waals surface area contributed by atoms with Gasteiger partial charge in [0.25, 0.3) is 0 Å². The summed E-state index contributed by atoms with van der Waals surface area (Å²) in [6, 6.07) is 0. The predicted octanol–water partition coefficient (Wildman–Crippen LogP) is 3.06. The van der Waals surface area contributed by atoms with Crippen LogP contribution in [0.3, 0.4) is 0 Å². The average molecular weight is 243 g/mol. The molecule has 1 atom stereocenters. The summed E-state index contributed by atoms with van der Waals surface area (Å²) in [5.41, 5.74) is 1.73. The van der Waals surface area contributed by atoms with E-state index in [2.05, 4.69) is 48.0 Å². The summed E-state index contributed by atoms with van der Waals surface area (Å²) in [5.74, 6) is 0. The zero-order chi connectivity index (χ0) is 9.53. The molecule has 1 unspecified atom stereocenters. The molecule has 1 aliphatic carbocycles. The van der Waals surface area contributed by atoms with Gasteiger partial charge in [-0.15, -0.1) is 0 Å². The van der Waals surface area contributed by atoms with E-state index >= 15 is 0 Å². The fourth-order valence-corrected chi connectivity index (χ4v) is 2.03. The third-order valence-corrected chi connectivity index (χ3v) is 3.46. The van der Waals surface area contributed by atoms with Crippen LogP contribution in [0.25, 0.3) is 0 Å². The molecule has 2 rings (SSSR count). The largest absolute Gasteiger partial charge is 0.379 e. The molecule has 1 fully saturated rings. The summed E-state index contributed by atoms with van der Waals surface area (Å²) in [6.07, 6.45) is 7.89. The van der Waals surface area contributed by atoms with Crippen molar-refractivity contribution >= 4 is 15.9 Å². The molecule has 13 heavy (non-hydrogen) atoms. The van der Waals surface area contributed by atoms with E-state index in [1.54, 1.807) is 0 Å². The highest BCUT2D eigenvalue weighted by atomic mass is 79.9. The minimum atomic E-state index is 0.164. The third-order valence-electron chi connectivity index (χ3n) is 2.87. The Morgan fingerprint density at radius 2 is 2.08 bits per heavy atom. The summed E-state index contributed by atoms with van der Waals surface area (Å²) < 4.78 is 5.42. The van der Waals surface area contributed by atoms with Crippen LogP contribution >= 0.6 is 15.9 Å². The van der Waals surface area contributed by atoms with Gasteiger partial charge in [0.15, 0.2) is 0 Å². The zero-order valence-corrected chi connectivity index (χ0v) is 9.73. The van der Waals surface area contributed by atoms with Crippen LogP contribution in [0.4, 0.5) is 0 Å². The Labute approximate surface area is 88.0 Å². The van der Waals surface area contributed by atoms with Crippen molar-refractivity contribution in [1.82, 2.24) is 0 Å². The summed E-state index contributed by atoms with van der Waals surface area (Å²) >= 11 is 3.66. The number of alkyl halides is 1. The fourth-order valence-electron chi connectivity index (χ4n) is 1.73. The fraction of sp³-hybridized carbons (Fsp3) is 0.636. The molecular weight excluding hydrogens is 228 g/mol. The van der Waals surface area contributed by atoms with Crippen molar-refractivity contribution in [2.24, 2.45) is 5.41 Å². The molecule has 0 aromatic carbocycles. The maximum atomic E-state index is 5.26. The van der Waals surface area contributed by atoms with Crippen molar-refractivity contribution in [1.29, 1.82) is 0 Å². The molecule has 1 nitrogen and oxygen atoms in total. The van der Waals surface area contributed by atoms with Crippen LogP contribution in [0.5, 0.6) is 0 Å². The summed E-state index contributed by atoms with van der Waals surface area (Å²) in [7, 11) is 0. The van der Waals surface area contributed by atoms with E-state index in [0.29, 0.717) is 5.41 Å². The second kappa shape index (κ2) is 2.96. The van der Waals surface area contributed by atoms with Gasteiger partial charge in [0, 0.05) is 9.74 Å². The summed E-state index contributed by atoms with van der Waals surface area (Å²) in [6.45, 7) is 6.21. The van der Waals surface area contributed by atoms with Crippen LogP contribution in [0.1, 0.15) is 20.3 Å². The van der Waals surface area contributed by atoms with Crippen molar-refractivity contribution in [2.45, 2.75) is 24.6 Å². The van der Waals surface area contributed by atoms with Crippen LogP contribution in [-0.4, -0.2) is 17.5 Å². The Bertz CT molecular complexity index is 272. The lowest BCUT2D eigenvalue weighted by Crippen LogP contribution is -2.41. The van der Waals surface area contributed by atoms with Crippen LogP contribution < -0.4 is 0 Å². The first-order valence-corrected chi connectivity index (χ1v) is 5.48. The van der Waals surface area contributed by atoms with Crippen LogP contribution in [0.15, 0.2) is 23.8 Å². The van der Waals surface area contributed by atoms with Gasteiger partial charge in [-0.25, -0.2) is 0 Å². The van der Waals surface area contributed by atoms with Gasteiger partial charge >= 0.3 is 0 Å². The Hall–Kier alpha value is -0.0800. The smallest absolute Gasteiger partial charge is 0.0582 e. The zero-order valence-electron chi connectivity index (χ0n) is 8.14. The second-order valence-corrected chi connectivity index (χ2v) is 6.34. The van der Waals surface area contributed by atoms with Crippen LogP contribution in [0.2, 0.25) is 0 Å². The van der Waals surface area contributed by atoms with Gasteiger partial charge < -0.3 is 4.74 Å². The molecule has 0 bridgehead atoms. The third kappa shape index (κ3) is 1.75. The average Bonchev–Trinajstić information content (AvgIpc) is 2.00. The van der Waals surface area contributed by atoms with Crippen molar-refractivity contribution < 1.29 is 4.74 Å². The van der Waals surface area contributed by atoms with Crippen molar-refractivity contribution in [3.05, 3.63) is 23.8 Å². The van der Waals surface area contributed by atoms with Gasteiger partial charge in [-0.2, -0.15) is 0 Å². The normalized spacial score (nSPS) is 36.7. The van der Waals surface area contributed by atoms with Crippen molar-refractivity contribution in [3.8, 4) is 0 Å². The first-order chi connectivity index (χ1) is 6.02. The van der Waals surface area contributed by atoms with Gasteiger partial charge in [-0.1, -0.05) is 41.1 Å². The van der Waals surface area contributed by atoms with Crippen LogP contribution in [-0.2, 0) is 4.74 Å². The molecule has 1 saturated heterocycles. The Morgan fingerprint density at radius 1 is 1.38 bits per heavy atom. The highest BCUT2D eigenvalue weighted by Crippen LogP contribution is 2.40. The quantitative estimate of drug-likeness (QED) is 0.643. The number of hydrogen-bond acceptors (Lipinski definition) is 1. The van der Waals surface area contributed by atoms with Crippen molar-refractivity contribution in [2.75, 3.05) is 13.2 Å². The molecule has 1 heterocycles. The maximum absolute atomic E-state index is 5.26. The van der Waals surface area contributed by atoms with E-state index < -0.39 is 0 Å². The minimum absolute atomic E-state index is 0.164. The van der Waals surface area contributed by atoms with E-state index in [1.807, 2.05) is 0 Å². The highest BCUT2D eigenvalue weighted by Gasteiger charge is 2.37. The molecule has 0 aromatic heterocycles. The van der Waals surface area contributed by atoms with E-state index in [4.69, 9.17) is 4.74 Å². The van der Waals surface area contributed by atoms with Gasteiger partial charge in [0.05, 0.1) is 13.2 Å². The molecule has 0 saturated carbocycles. The summed E-state index contributed by atoms with van der Waals surface area (Å²) in [5, 5.41) is 0. The SMILES string of the molecule is CC1(Br)C=CC(C2(C)COC2)=CC1. The van der Waals surface area contributed by atoms with E-state index in [1.165, 1.54) is 5.57 Å². The standard InChI is InChI=1S/C11H15BrO/c1-10(7-13-8-10)9-3-5-11(2,12)6-4-9/h3-5H,6-8H2,1-2H3. The molecule has 0 amide bonds. The first kappa shape index (κ1) is 9.47. The molecule has 0 spiro atoms. The topological polar surface area (TPSA) is 9.23 Å². The number of rotatable bonds is 1. The Balaban J connectivity index is 2.12. The van der Waals surface area contributed by atoms with E-state index in [9.17, 15) is 0 Å². The molecule has 2 aliphatic rings. The number of halogens is 1. The molecule has 72 valence electrons. The van der Waals surface area contributed by atoms with E-state index in [-0.39, 0.29) is 4.32 Å². The Kier molecular flexibility index (Phi) is 2.16. The molecular formula is C11H15BrO. The first-order valence-electron chi connectivity index (χ1n) is 4.68. The lowest BCUT2D eigenvalue weighted by atomic mass is 9.77. The summed E-state index contributed by atoms with van der Waals surface area (Å²) in [4.78, 5) is 0. The van der Waals surface area contributed by atoms with Gasteiger partial charge in [0.2, 0.25) is 0 Å². The van der Waals surface area contributed by atoms with Crippen molar-refractivity contribution in [3.63, 3.8) is 0 Å². The molecule has 0 N–H and O–H groups in total. The molecule has 0 radical (unpaired) electrons. The Morgan fingerprint density at radius 3 is 2.46 bits per heavy atom. The van der Waals surface area contributed by atoms with Gasteiger partial charge in [0.1, 0.15) is 0 Å². The molecule has 1 aliphatic heterocycles. The minimum Gasteiger partial charge on any atom is -0.379 e. The number of allylic oxidation sites excluding steroid dienone is 3. The lowest BCUT2D eigenvalue weighted by Gasteiger charge is -2.41. The lowest BCUT2D eigenvalue weighted by molar-refractivity contribution is -0.0761. The second-order valence-electron chi connectivity index (χ2n) is 4.53. The monoisotopic (exact) mass is 242 g/mol. The van der Waals surface area contributed by atoms with Gasteiger partial charge in [-0.3, -0.25) is 0 Å². The molecule has 0 aromatic rings. The number of ether oxygens (including phenoxy) is 1. The van der Waals surface area contributed by atoms with Gasteiger partial charge in [-0.05, 0) is 18.9 Å². The number of hydrogen-bond donors (Lipinski definition) is 0. The van der Waals surface area contributed by atoms with Crippen LogP contribution in [0, 0.1) is 5.41 Å². The predicted molar refractivity (Wildman–Crippen MR) is 58.1 cm³/mol.